The molecule has 0 amide bonds. The number of nitrogens with zero attached hydrogens (tertiary/aromatic N) is 1. The average Bonchev–Trinajstić information content (AvgIpc) is 2.66. The summed E-state index contributed by atoms with van der Waals surface area (Å²) in [6.07, 6.45) is 1.71. The number of aromatic nitrogens is 1. The first-order valence-electron chi connectivity index (χ1n) is 4.83. The number of aryl methyl sites for hydroxylation is 1. The second kappa shape index (κ2) is 4.07. The molecule has 0 aliphatic carbocycles. The van der Waals surface area contributed by atoms with E-state index in [4.69, 9.17) is 16.0 Å². The maximum absolute atomic E-state index is 5.88. The molecule has 1 aromatic carbocycles. The quantitative estimate of drug-likeness (QED) is 0.718. The van der Waals surface area contributed by atoms with Gasteiger partial charge in [0, 0.05) is 5.56 Å². The van der Waals surface area contributed by atoms with Gasteiger partial charge in [-0.05, 0) is 19.9 Å². The van der Waals surface area contributed by atoms with Gasteiger partial charge in [-0.3, -0.25) is 0 Å². The van der Waals surface area contributed by atoms with Crippen molar-refractivity contribution in [2.45, 2.75) is 19.2 Å². The summed E-state index contributed by atoms with van der Waals surface area (Å²) in [5.74, 6) is 1.33. The van der Waals surface area contributed by atoms with Gasteiger partial charge in [0.15, 0.2) is 5.76 Å². The highest BCUT2D eigenvalue weighted by molar-refractivity contribution is 6.20. The van der Waals surface area contributed by atoms with Crippen LogP contribution in [0.1, 0.15) is 23.8 Å². The van der Waals surface area contributed by atoms with Crippen LogP contribution in [-0.4, -0.2) is 4.98 Å². The molecule has 0 N–H and O–H groups in total. The van der Waals surface area contributed by atoms with Crippen LogP contribution in [0.3, 0.4) is 0 Å². The number of halogens is 1. The predicted molar refractivity (Wildman–Crippen MR) is 60.9 cm³/mol. The number of benzene rings is 1. The lowest BCUT2D eigenvalue weighted by Gasteiger charge is -1.98. The van der Waals surface area contributed by atoms with Crippen molar-refractivity contribution in [2.75, 3.05) is 0 Å². The van der Waals surface area contributed by atoms with Crippen LogP contribution in [0.5, 0.6) is 0 Å². The molecule has 0 bridgehead atoms. The summed E-state index contributed by atoms with van der Waals surface area (Å²) in [5.41, 5.74) is 2.23. The summed E-state index contributed by atoms with van der Waals surface area (Å²) in [5, 5.41) is -0.191. The highest BCUT2D eigenvalue weighted by Gasteiger charge is 2.10. The van der Waals surface area contributed by atoms with E-state index >= 15 is 0 Å². The molecule has 3 heteroatoms. The molecule has 1 aromatic heterocycles. The van der Waals surface area contributed by atoms with Gasteiger partial charge in [0.1, 0.15) is 5.38 Å². The Morgan fingerprint density at radius 3 is 2.80 bits per heavy atom. The van der Waals surface area contributed by atoms with Crippen LogP contribution in [0.15, 0.2) is 34.9 Å². The number of hydrogen-bond acceptors (Lipinski definition) is 2. The normalized spacial score (nSPS) is 12.7. The summed E-state index contributed by atoms with van der Waals surface area (Å²) < 4.78 is 5.54. The summed E-state index contributed by atoms with van der Waals surface area (Å²) >= 11 is 5.88. The first-order chi connectivity index (χ1) is 7.16. The Balaban J connectivity index is 2.37. The van der Waals surface area contributed by atoms with Crippen LogP contribution in [0.2, 0.25) is 0 Å². The Morgan fingerprint density at radius 2 is 2.20 bits per heavy atom. The summed E-state index contributed by atoms with van der Waals surface area (Å²) in [4.78, 5) is 4.12. The summed E-state index contributed by atoms with van der Waals surface area (Å²) in [6.45, 7) is 3.89. The molecular weight excluding hydrogens is 210 g/mol. The van der Waals surface area contributed by atoms with Gasteiger partial charge in [-0.1, -0.05) is 23.8 Å². The zero-order valence-corrected chi connectivity index (χ0v) is 9.45. The van der Waals surface area contributed by atoms with Crippen LogP contribution in [0.25, 0.3) is 11.3 Å². The zero-order chi connectivity index (χ0) is 10.8. The van der Waals surface area contributed by atoms with Crippen molar-refractivity contribution in [2.24, 2.45) is 0 Å². The minimum Gasteiger partial charge on any atom is -0.439 e. The highest BCUT2D eigenvalue weighted by atomic mass is 35.5. The van der Waals surface area contributed by atoms with Crippen molar-refractivity contribution in [1.29, 1.82) is 0 Å². The minimum atomic E-state index is -0.191. The molecule has 1 heterocycles. The zero-order valence-electron chi connectivity index (χ0n) is 8.70. The van der Waals surface area contributed by atoms with E-state index in [-0.39, 0.29) is 5.38 Å². The molecule has 1 atom stereocenters. The lowest BCUT2D eigenvalue weighted by molar-refractivity contribution is 0.508. The van der Waals surface area contributed by atoms with Gasteiger partial charge < -0.3 is 4.42 Å². The smallest absolute Gasteiger partial charge is 0.212 e. The van der Waals surface area contributed by atoms with Crippen molar-refractivity contribution >= 4 is 11.6 Å². The third-order valence-corrected chi connectivity index (χ3v) is 2.35. The molecular formula is C12H12ClNO. The summed E-state index contributed by atoms with van der Waals surface area (Å²) in [6, 6.07) is 8.10. The molecule has 2 aromatic rings. The van der Waals surface area contributed by atoms with Crippen LogP contribution in [0, 0.1) is 6.92 Å². The molecule has 0 radical (unpaired) electrons. The molecule has 2 rings (SSSR count). The van der Waals surface area contributed by atoms with Gasteiger partial charge >= 0.3 is 0 Å². The van der Waals surface area contributed by atoms with Crippen LogP contribution in [-0.2, 0) is 0 Å². The molecule has 15 heavy (non-hydrogen) atoms. The monoisotopic (exact) mass is 221 g/mol. The molecule has 1 unspecified atom stereocenters. The first-order valence-corrected chi connectivity index (χ1v) is 5.27. The van der Waals surface area contributed by atoms with E-state index in [0.29, 0.717) is 5.89 Å². The van der Waals surface area contributed by atoms with Crippen LogP contribution < -0.4 is 0 Å². The largest absolute Gasteiger partial charge is 0.439 e. The number of hydrogen-bond donors (Lipinski definition) is 0. The maximum atomic E-state index is 5.88. The Labute approximate surface area is 93.9 Å². The molecule has 0 spiro atoms. The molecule has 0 aliphatic rings. The summed E-state index contributed by atoms with van der Waals surface area (Å²) in [7, 11) is 0. The van der Waals surface area contributed by atoms with E-state index < -0.39 is 0 Å². The third kappa shape index (κ3) is 2.21. The Kier molecular flexibility index (Phi) is 2.78. The van der Waals surface area contributed by atoms with Crippen molar-refractivity contribution in [3.05, 3.63) is 41.9 Å². The Hall–Kier alpha value is -1.28. The van der Waals surface area contributed by atoms with E-state index in [9.17, 15) is 0 Å². The number of oxazole rings is 1. The van der Waals surface area contributed by atoms with Crippen LogP contribution in [0.4, 0.5) is 0 Å². The average molecular weight is 222 g/mol. The molecule has 0 saturated heterocycles. The lowest BCUT2D eigenvalue weighted by atomic mass is 10.1. The van der Waals surface area contributed by atoms with E-state index in [0.717, 1.165) is 11.3 Å². The van der Waals surface area contributed by atoms with E-state index in [1.165, 1.54) is 5.56 Å². The second-order valence-electron chi connectivity index (χ2n) is 3.55. The molecule has 0 fully saturated rings. The van der Waals surface area contributed by atoms with Crippen molar-refractivity contribution in [3.8, 4) is 11.3 Å². The lowest BCUT2D eigenvalue weighted by Crippen LogP contribution is -1.80. The van der Waals surface area contributed by atoms with Gasteiger partial charge in [0.05, 0.1) is 6.20 Å². The van der Waals surface area contributed by atoms with Crippen molar-refractivity contribution < 1.29 is 4.42 Å². The topological polar surface area (TPSA) is 26.0 Å². The third-order valence-electron chi connectivity index (χ3n) is 2.17. The first kappa shape index (κ1) is 10.2. The predicted octanol–water partition coefficient (Wildman–Crippen LogP) is 3.95. The number of alkyl halides is 1. The molecule has 0 aliphatic heterocycles. The maximum Gasteiger partial charge on any atom is 0.212 e. The van der Waals surface area contributed by atoms with E-state index in [1.807, 2.05) is 32.0 Å². The van der Waals surface area contributed by atoms with Gasteiger partial charge in [-0.25, -0.2) is 4.98 Å². The van der Waals surface area contributed by atoms with Gasteiger partial charge in [0.25, 0.3) is 0 Å². The van der Waals surface area contributed by atoms with Gasteiger partial charge in [-0.15, -0.1) is 11.6 Å². The number of rotatable bonds is 2. The van der Waals surface area contributed by atoms with Crippen molar-refractivity contribution in [3.63, 3.8) is 0 Å². The SMILES string of the molecule is Cc1cccc(-c2cnc(C(C)Cl)o2)c1. The molecule has 0 saturated carbocycles. The van der Waals surface area contributed by atoms with Gasteiger partial charge in [-0.2, -0.15) is 0 Å². The Bertz CT molecular complexity index is 462. The molecule has 2 nitrogen and oxygen atoms in total. The second-order valence-corrected chi connectivity index (χ2v) is 4.20. The highest BCUT2D eigenvalue weighted by Crippen LogP contribution is 2.25. The minimum absolute atomic E-state index is 0.191. The standard InChI is InChI=1S/C12H12ClNO/c1-8-4-3-5-10(6-8)11-7-14-12(15-11)9(2)13/h3-7,9H,1-2H3. The van der Waals surface area contributed by atoms with Crippen LogP contribution >= 0.6 is 11.6 Å². The molecule has 78 valence electrons. The van der Waals surface area contributed by atoms with Crippen molar-refractivity contribution in [1.82, 2.24) is 4.98 Å². The fourth-order valence-corrected chi connectivity index (χ4v) is 1.50. The van der Waals surface area contributed by atoms with Gasteiger partial charge in [0.2, 0.25) is 5.89 Å². The fraction of sp³-hybridized carbons (Fsp3) is 0.250. The van der Waals surface area contributed by atoms with E-state index in [1.54, 1.807) is 6.20 Å². The fourth-order valence-electron chi connectivity index (χ4n) is 1.40. The van der Waals surface area contributed by atoms with E-state index in [2.05, 4.69) is 11.1 Å². The Morgan fingerprint density at radius 1 is 1.40 bits per heavy atom.